The van der Waals surface area contributed by atoms with Gasteiger partial charge in [-0.2, -0.15) is 0 Å². The van der Waals surface area contributed by atoms with Crippen molar-refractivity contribution in [1.29, 1.82) is 0 Å². The summed E-state index contributed by atoms with van der Waals surface area (Å²) in [7, 11) is 0. The van der Waals surface area contributed by atoms with Crippen LogP contribution < -0.4 is 0 Å². The Morgan fingerprint density at radius 1 is 0.333 bits per heavy atom. The molecule has 0 unspecified atom stereocenters. The predicted molar refractivity (Wildman–Crippen MR) is 258 cm³/mol. The summed E-state index contributed by atoms with van der Waals surface area (Å²) in [6, 6.07) is 74.4. The van der Waals surface area contributed by atoms with E-state index < -0.39 is 0 Å². The van der Waals surface area contributed by atoms with E-state index in [0.29, 0.717) is 17.5 Å². The first-order valence-corrected chi connectivity index (χ1v) is 21.2. The fourth-order valence-electron chi connectivity index (χ4n) is 9.51. The highest BCUT2D eigenvalue weighted by Gasteiger charge is 2.24. The predicted octanol–water partition coefficient (Wildman–Crippen LogP) is 14.6. The quantitative estimate of drug-likeness (QED) is 0.168. The van der Waals surface area contributed by atoms with Gasteiger partial charge in [-0.1, -0.05) is 152 Å². The van der Waals surface area contributed by atoms with Gasteiger partial charge in [0.15, 0.2) is 23.1 Å². The molecule has 4 heterocycles. The molecule has 9 aromatic carbocycles. The van der Waals surface area contributed by atoms with Gasteiger partial charge in [0.25, 0.3) is 0 Å². The Morgan fingerprint density at radius 3 is 1.56 bits per heavy atom. The first kappa shape index (κ1) is 35.2. The number of rotatable bonds is 6. The van der Waals surface area contributed by atoms with Crippen LogP contribution in [0.5, 0.6) is 0 Å². The number of hydrogen-bond donors (Lipinski definition) is 0. The average Bonchev–Trinajstić information content (AvgIpc) is 4.01. The van der Waals surface area contributed by atoms with Crippen molar-refractivity contribution in [2.75, 3.05) is 0 Å². The van der Waals surface area contributed by atoms with E-state index in [0.717, 1.165) is 82.9 Å². The maximum Gasteiger partial charge on any atom is 0.164 e. The third-order valence-electron chi connectivity index (χ3n) is 12.4. The zero-order valence-corrected chi connectivity index (χ0v) is 33.9. The van der Waals surface area contributed by atoms with Gasteiger partial charge in [-0.25, -0.2) is 15.0 Å². The van der Waals surface area contributed by atoms with Crippen LogP contribution in [-0.4, -0.2) is 24.1 Å². The Balaban J connectivity index is 1.13. The molecule has 0 saturated heterocycles. The molecule has 6 heteroatoms. The zero-order chi connectivity index (χ0) is 41.4. The normalized spacial score (nSPS) is 11.8. The molecule has 0 saturated carbocycles. The Bertz CT molecular complexity index is 3830. The lowest BCUT2D eigenvalue weighted by Crippen LogP contribution is -2.01. The van der Waals surface area contributed by atoms with Crippen molar-refractivity contribution in [3.05, 3.63) is 212 Å². The second-order valence-corrected chi connectivity index (χ2v) is 16.0. The lowest BCUT2D eigenvalue weighted by Gasteiger charge is -2.13. The van der Waals surface area contributed by atoms with Crippen molar-refractivity contribution in [3.63, 3.8) is 0 Å². The number of furan rings is 1. The molecule has 13 aromatic rings. The molecular formula is C57H35N5O. The molecule has 6 nitrogen and oxygen atoms in total. The molecule has 0 aliphatic carbocycles. The summed E-state index contributed by atoms with van der Waals surface area (Å²) in [6.45, 7) is 0. The molecule has 0 bridgehead atoms. The Labute approximate surface area is 361 Å². The third kappa shape index (κ3) is 5.55. The minimum atomic E-state index is 0.580. The van der Waals surface area contributed by atoms with Gasteiger partial charge < -0.3 is 13.6 Å². The van der Waals surface area contributed by atoms with Crippen molar-refractivity contribution < 1.29 is 4.42 Å². The Morgan fingerprint density at radius 2 is 0.857 bits per heavy atom. The largest absolute Gasteiger partial charge is 0.454 e. The molecule has 0 aliphatic heterocycles. The number of hydrogen-bond acceptors (Lipinski definition) is 4. The lowest BCUT2D eigenvalue weighted by molar-refractivity contribution is 0.666. The van der Waals surface area contributed by atoms with E-state index in [2.05, 4.69) is 149 Å². The first-order chi connectivity index (χ1) is 31.2. The van der Waals surface area contributed by atoms with Crippen LogP contribution in [0.4, 0.5) is 0 Å². The van der Waals surface area contributed by atoms with Crippen LogP contribution in [0, 0.1) is 0 Å². The smallest absolute Gasteiger partial charge is 0.164 e. The molecule has 0 atom stereocenters. The monoisotopic (exact) mass is 805 g/mol. The standard InChI is InChI=1S/C57H35N5O/c1-5-17-36(18-6-1)39-29-31-48-44(33-39)46-35-50-45(41-25-13-15-27-47(41)61(50)40-23-11-4-12-24-40)34-51(46)62(48)49-32-30-43(53-42-26-14-16-28-52(42)63-54(49)53)57-59-55(37-19-7-2-8-20-37)58-56(60-57)38-21-9-3-10-22-38/h1-35H. The molecular weight excluding hydrogens is 771 g/mol. The number of benzene rings is 9. The molecule has 0 amide bonds. The highest BCUT2D eigenvalue weighted by atomic mass is 16.3. The summed E-state index contributed by atoms with van der Waals surface area (Å²) in [5.74, 6) is 1.80. The SMILES string of the molecule is c1ccc(-c2ccc3c(c2)c2cc4c(cc2n3-c2ccc(-c3nc(-c5ccccc5)nc(-c5ccccc5)n3)c3c2oc2ccccc23)c2ccccc2n4-c2ccccc2)cc1. The fourth-order valence-corrected chi connectivity index (χ4v) is 9.51. The molecule has 0 fully saturated rings. The first-order valence-electron chi connectivity index (χ1n) is 21.2. The summed E-state index contributed by atoms with van der Waals surface area (Å²) in [5, 5.41) is 6.63. The minimum absolute atomic E-state index is 0.580. The second-order valence-electron chi connectivity index (χ2n) is 16.0. The van der Waals surface area contributed by atoms with E-state index in [1.54, 1.807) is 0 Å². The molecule has 294 valence electrons. The Kier molecular flexibility index (Phi) is 7.80. The minimum Gasteiger partial charge on any atom is -0.454 e. The van der Waals surface area contributed by atoms with Gasteiger partial charge in [-0.15, -0.1) is 0 Å². The topological polar surface area (TPSA) is 61.7 Å². The van der Waals surface area contributed by atoms with Gasteiger partial charge in [0.1, 0.15) is 5.58 Å². The van der Waals surface area contributed by atoms with Crippen LogP contribution >= 0.6 is 0 Å². The van der Waals surface area contributed by atoms with Crippen LogP contribution in [0.2, 0.25) is 0 Å². The van der Waals surface area contributed by atoms with Crippen LogP contribution in [-0.2, 0) is 0 Å². The van der Waals surface area contributed by atoms with Gasteiger partial charge in [-0.05, 0) is 71.8 Å². The average molecular weight is 806 g/mol. The van der Waals surface area contributed by atoms with E-state index in [-0.39, 0.29) is 0 Å². The van der Waals surface area contributed by atoms with Crippen molar-refractivity contribution in [3.8, 4) is 56.7 Å². The molecule has 0 spiro atoms. The van der Waals surface area contributed by atoms with Crippen molar-refractivity contribution in [1.82, 2.24) is 24.1 Å². The van der Waals surface area contributed by atoms with E-state index in [1.165, 1.54) is 21.9 Å². The third-order valence-corrected chi connectivity index (χ3v) is 12.4. The zero-order valence-electron chi connectivity index (χ0n) is 33.9. The molecule has 0 radical (unpaired) electrons. The van der Waals surface area contributed by atoms with E-state index in [9.17, 15) is 0 Å². The summed E-state index contributed by atoms with van der Waals surface area (Å²) < 4.78 is 11.8. The van der Waals surface area contributed by atoms with E-state index >= 15 is 0 Å². The van der Waals surface area contributed by atoms with Crippen molar-refractivity contribution >= 4 is 65.6 Å². The fraction of sp³-hybridized carbons (Fsp3) is 0. The number of para-hydroxylation sites is 3. The summed E-state index contributed by atoms with van der Waals surface area (Å²) in [5.41, 5.74) is 13.1. The number of nitrogens with zero attached hydrogens (tertiary/aromatic N) is 5. The second kappa shape index (κ2) is 14.0. The molecule has 0 aliphatic rings. The maximum absolute atomic E-state index is 7.01. The van der Waals surface area contributed by atoms with E-state index in [1.807, 2.05) is 72.8 Å². The maximum atomic E-state index is 7.01. The Hall–Kier alpha value is -8.61. The molecule has 4 aromatic heterocycles. The summed E-state index contributed by atoms with van der Waals surface area (Å²) >= 11 is 0. The highest BCUT2D eigenvalue weighted by molar-refractivity contribution is 6.21. The molecule has 0 N–H and O–H groups in total. The summed E-state index contributed by atoms with van der Waals surface area (Å²) in [4.78, 5) is 15.4. The number of aromatic nitrogens is 5. The lowest BCUT2D eigenvalue weighted by atomic mass is 10.0. The van der Waals surface area contributed by atoms with Gasteiger partial charge in [0, 0.05) is 54.7 Å². The van der Waals surface area contributed by atoms with E-state index in [4.69, 9.17) is 19.4 Å². The molecule has 13 rings (SSSR count). The van der Waals surface area contributed by atoms with Crippen LogP contribution in [0.1, 0.15) is 0 Å². The van der Waals surface area contributed by atoms with Gasteiger partial charge >= 0.3 is 0 Å². The molecule has 63 heavy (non-hydrogen) atoms. The van der Waals surface area contributed by atoms with Crippen LogP contribution in [0.15, 0.2) is 217 Å². The van der Waals surface area contributed by atoms with Gasteiger partial charge in [-0.3, -0.25) is 0 Å². The van der Waals surface area contributed by atoms with Crippen molar-refractivity contribution in [2.24, 2.45) is 0 Å². The van der Waals surface area contributed by atoms with Crippen LogP contribution in [0.3, 0.4) is 0 Å². The van der Waals surface area contributed by atoms with Crippen molar-refractivity contribution in [2.45, 2.75) is 0 Å². The van der Waals surface area contributed by atoms with Gasteiger partial charge in [0.05, 0.1) is 27.8 Å². The summed E-state index contributed by atoms with van der Waals surface area (Å²) in [6.07, 6.45) is 0. The number of fused-ring (bicyclic) bond motifs is 9. The van der Waals surface area contributed by atoms with Crippen LogP contribution in [0.25, 0.3) is 122 Å². The van der Waals surface area contributed by atoms with Gasteiger partial charge in [0.2, 0.25) is 0 Å². The highest BCUT2D eigenvalue weighted by Crippen LogP contribution is 2.45.